The van der Waals surface area contributed by atoms with Gasteiger partial charge in [-0.3, -0.25) is 4.79 Å². The zero-order valence-electron chi connectivity index (χ0n) is 11.2. The van der Waals surface area contributed by atoms with Crippen molar-refractivity contribution < 1.29 is 9.53 Å². The zero-order valence-corrected chi connectivity index (χ0v) is 11.2. The van der Waals surface area contributed by atoms with Crippen molar-refractivity contribution >= 4 is 5.91 Å². The summed E-state index contributed by atoms with van der Waals surface area (Å²) in [5.74, 6) is 1.88. The number of hydrogen-bond donors (Lipinski definition) is 1. The molecule has 5 heteroatoms. The van der Waals surface area contributed by atoms with E-state index in [1.165, 1.54) is 0 Å². The van der Waals surface area contributed by atoms with Crippen LogP contribution in [0, 0.1) is 5.92 Å². The van der Waals surface area contributed by atoms with Gasteiger partial charge in [0.05, 0.1) is 0 Å². The summed E-state index contributed by atoms with van der Waals surface area (Å²) in [5, 5.41) is 0. The fourth-order valence-electron chi connectivity index (χ4n) is 3.10. The Labute approximate surface area is 113 Å². The quantitative estimate of drug-likeness (QED) is 0.880. The molecule has 104 valence electrons. The molecular weight excluding hydrogens is 242 g/mol. The van der Waals surface area contributed by atoms with Crippen LogP contribution in [0.2, 0.25) is 0 Å². The van der Waals surface area contributed by atoms with Gasteiger partial charge in [0.15, 0.2) is 0 Å². The summed E-state index contributed by atoms with van der Waals surface area (Å²) in [5.41, 5.74) is 0. The molecule has 2 aliphatic heterocycles. The van der Waals surface area contributed by atoms with Crippen molar-refractivity contribution in [2.75, 3.05) is 26.3 Å². The van der Waals surface area contributed by atoms with Crippen molar-refractivity contribution in [3.05, 3.63) is 18.2 Å². The number of rotatable bonds is 2. The van der Waals surface area contributed by atoms with Gasteiger partial charge in [0.25, 0.3) is 0 Å². The van der Waals surface area contributed by atoms with Crippen molar-refractivity contribution in [3.8, 4) is 0 Å². The van der Waals surface area contributed by atoms with E-state index >= 15 is 0 Å². The largest absolute Gasteiger partial charge is 0.381 e. The Morgan fingerprint density at radius 2 is 2.21 bits per heavy atom. The van der Waals surface area contributed by atoms with Crippen LogP contribution in [0.25, 0.3) is 0 Å². The Hall–Kier alpha value is -1.36. The summed E-state index contributed by atoms with van der Waals surface area (Å²) in [4.78, 5) is 22.1. The first-order valence-electron chi connectivity index (χ1n) is 7.20. The first-order chi connectivity index (χ1) is 9.34. The number of likely N-dealkylation sites (tertiary alicyclic amines) is 1. The summed E-state index contributed by atoms with van der Waals surface area (Å²) in [6.45, 7) is 3.16. The fraction of sp³-hybridized carbons (Fsp3) is 0.714. The molecule has 0 aliphatic carbocycles. The van der Waals surface area contributed by atoms with E-state index in [0.717, 1.165) is 57.8 Å². The summed E-state index contributed by atoms with van der Waals surface area (Å²) < 4.78 is 5.33. The number of imidazole rings is 1. The zero-order chi connectivity index (χ0) is 13.1. The second-order valence-electron chi connectivity index (χ2n) is 5.48. The maximum Gasteiger partial charge on any atom is 0.225 e. The SMILES string of the molecule is O=C(C1CCOCC1)N1CCC[C@@H](c2ncc[nH]2)C1. The summed E-state index contributed by atoms with van der Waals surface area (Å²) in [7, 11) is 0. The molecular formula is C14H21N3O2. The molecule has 3 heterocycles. The van der Waals surface area contributed by atoms with Gasteiger partial charge in [0, 0.05) is 50.5 Å². The number of aromatic amines is 1. The number of hydrogen-bond acceptors (Lipinski definition) is 3. The molecule has 2 saturated heterocycles. The topological polar surface area (TPSA) is 58.2 Å². The number of amides is 1. The second kappa shape index (κ2) is 5.74. The maximum atomic E-state index is 12.5. The lowest BCUT2D eigenvalue weighted by Crippen LogP contribution is -2.43. The van der Waals surface area contributed by atoms with Crippen molar-refractivity contribution in [2.24, 2.45) is 5.92 Å². The number of H-pyrrole nitrogens is 1. The molecule has 0 spiro atoms. The van der Waals surface area contributed by atoms with Crippen LogP contribution < -0.4 is 0 Å². The van der Waals surface area contributed by atoms with Crippen LogP contribution in [0.15, 0.2) is 12.4 Å². The highest BCUT2D eigenvalue weighted by Gasteiger charge is 2.31. The summed E-state index contributed by atoms with van der Waals surface area (Å²) in [6, 6.07) is 0. The van der Waals surface area contributed by atoms with E-state index in [1.807, 2.05) is 11.1 Å². The third-order valence-electron chi connectivity index (χ3n) is 4.21. The van der Waals surface area contributed by atoms with E-state index in [2.05, 4.69) is 9.97 Å². The summed E-state index contributed by atoms with van der Waals surface area (Å²) >= 11 is 0. The van der Waals surface area contributed by atoms with Gasteiger partial charge in [-0.1, -0.05) is 0 Å². The number of piperidine rings is 1. The highest BCUT2D eigenvalue weighted by Crippen LogP contribution is 2.27. The molecule has 5 nitrogen and oxygen atoms in total. The lowest BCUT2D eigenvalue weighted by molar-refractivity contribution is -0.139. The highest BCUT2D eigenvalue weighted by molar-refractivity contribution is 5.79. The lowest BCUT2D eigenvalue weighted by atomic mass is 9.93. The number of carbonyl (C=O) groups is 1. The van der Waals surface area contributed by atoms with Crippen molar-refractivity contribution in [2.45, 2.75) is 31.6 Å². The van der Waals surface area contributed by atoms with Gasteiger partial charge in [-0.05, 0) is 25.7 Å². The van der Waals surface area contributed by atoms with Gasteiger partial charge in [-0.2, -0.15) is 0 Å². The lowest BCUT2D eigenvalue weighted by Gasteiger charge is -2.35. The predicted molar refractivity (Wildman–Crippen MR) is 70.7 cm³/mol. The average molecular weight is 263 g/mol. The molecule has 1 aromatic heterocycles. The Bertz CT molecular complexity index is 412. The Morgan fingerprint density at radius 3 is 2.95 bits per heavy atom. The van der Waals surface area contributed by atoms with Crippen molar-refractivity contribution in [1.29, 1.82) is 0 Å². The monoisotopic (exact) mass is 263 g/mol. The Kier molecular flexibility index (Phi) is 3.82. The molecule has 0 radical (unpaired) electrons. The van der Waals surface area contributed by atoms with E-state index in [-0.39, 0.29) is 5.92 Å². The predicted octanol–water partition coefficient (Wildman–Crippen LogP) is 1.54. The van der Waals surface area contributed by atoms with Crippen LogP contribution in [0.5, 0.6) is 0 Å². The third kappa shape index (κ3) is 2.81. The minimum absolute atomic E-state index is 0.170. The highest BCUT2D eigenvalue weighted by atomic mass is 16.5. The Morgan fingerprint density at radius 1 is 1.37 bits per heavy atom. The van der Waals surface area contributed by atoms with Gasteiger partial charge >= 0.3 is 0 Å². The summed E-state index contributed by atoms with van der Waals surface area (Å²) in [6.07, 6.45) is 7.58. The fourth-order valence-corrected chi connectivity index (χ4v) is 3.10. The van der Waals surface area contributed by atoms with Crippen LogP contribution in [0.3, 0.4) is 0 Å². The van der Waals surface area contributed by atoms with Crippen LogP contribution >= 0.6 is 0 Å². The van der Waals surface area contributed by atoms with Crippen molar-refractivity contribution in [1.82, 2.24) is 14.9 Å². The van der Waals surface area contributed by atoms with E-state index in [1.54, 1.807) is 6.20 Å². The number of carbonyl (C=O) groups excluding carboxylic acids is 1. The molecule has 1 amide bonds. The molecule has 0 bridgehead atoms. The van der Waals surface area contributed by atoms with Crippen LogP contribution in [-0.2, 0) is 9.53 Å². The number of ether oxygens (including phenoxy) is 1. The molecule has 1 atom stereocenters. The van der Waals surface area contributed by atoms with Gasteiger partial charge in [-0.25, -0.2) is 4.98 Å². The number of aromatic nitrogens is 2. The van der Waals surface area contributed by atoms with E-state index < -0.39 is 0 Å². The van der Waals surface area contributed by atoms with Gasteiger partial charge in [-0.15, -0.1) is 0 Å². The smallest absolute Gasteiger partial charge is 0.225 e. The molecule has 0 unspecified atom stereocenters. The molecule has 0 saturated carbocycles. The number of nitrogens with one attached hydrogen (secondary N) is 1. The molecule has 1 aromatic rings. The molecule has 0 aromatic carbocycles. The minimum atomic E-state index is 0.170. The van der Waals surface area contributed by atoms with Crippen molar-refractivity contribution in [3.63, 3.8) is 0 Å². The third-order valence-corrected chi connectivity index (χ3v) is 4.21. The van der Waals surface area contributed by atoms with Gasteiger partial charge < -0.3 is 14.6 Å². The van der Waals surface area contributed by atoms with E-state index in [0.29, 0.717) is 11.8 Å². The van der Waals surface area contributed by atoms with Crippen LogP contribution in [0.4, 0.5) is 0 Å². The van der Waals surface area contributed by atoms with Crippen LogP contribution in [0.1, 0.15) is 37.4 Å². The van der Waals surface area contributed by atoms with Crippen LogP contribution in [-0.4, -0.2) is 47.1 Å². The first kappa shape index (κ1) is 12.7. The normalized spacial score (nSPS) is 25.5. The molecule has 2 aliphatic rings. The molecule has 1 N–H and O–H groups in total. The Balaban J connectivity index is 1.62. The molecule has 19 heavy (non-hydrogen) atoms. The first-order valence-corrected chi connectivity index (χ1v) is 7.20. The minimum Gasteiger partial charge on any atom is -0.381 e. The molecule has 2 fully saturated rings. The van der Waals surface area contributed by atoms with E-state index in [4.69, 9.17) is 4.74 Å². The van der Waals surface area contributed by atoms with E-state index in [9.17, 15) is 4.79 Å². The average Bonchev–Trinajstić information content (AvgIpc) is 3.02. The second-order valence-corrected chi connectivity index (χ2v) is 5.48. The van der Waals surface area contributed by atoms with Gasteiger partial charge in [0.1, 0.15) is 5.82 Å². The number of nitrogens with zero attached hydrogens (tertiary/aromatic N) is 2. The van der Waals surface area contributed by atoms with Gasteiger partial charge in [0.2, 0.25) is 5.91 Å². The molecule has 3 rings (SSSR count). The maximum absolute atomic E-state index is 12.5. The standard InChI is InChI=1S/C14H21N3O2/c18-14(11-3-8-19-9-4-11)17-7-1-2-12(10-17)13-15-5-6-16-13/h5-6,11-12H,1-4,7-10H2,(H,15,16)/t12-/m1/s1.